The standard InChI is InChI=1S/C19H18N2O2S2/c1-13-7-9-14(10-8-13)16-11-24-19(21-16)25-12-18(22)20-15-5-3-4-6-17(15)23-2/h3-11H,12H2,1-2H3,(H,20,22). The number of aromatic nitrogens is 1. The molecule has 25 heavy (non-hydrogen) atoms. The molecule has 1 amide bonds. The first kappa shape index (κ1) is 17.5. The van der Waals surface area contributed by atoms with E-state index in [1.807, 2.05) is 29.6 Å². The number of rotatable bonds is 6. The minimum Gasteiger partial charge on any atom is -0.495 e. The number of para-hydroxylation sites is 2. The number of hydrogen-bond donors (Lipinski definition) is 1. The van der Waals surface area contributed by atoms with Gasteiger partial charge in [-0.1, -0.05) is 53.7 Å². The Morgan fingerprint density at radius 1 is 1.20 bits per heavy atom. The Kier molecular flexibility index (Phi) is 5.73. The van der Waals surface area contributed by atoms with Crippen LogP contribution in [0, 0.1) is 6.92 Å². The lowest BCUT2D eigenvalue weighted by atomic mass is 10.1. The summed E-state index contributed by atoms with van der Waals surface area (Å²) in [6.07, 6.45) is 0. The van der Waals surface area contributed by atoms with Crippen LogP contribution in [0.15, 0.2) is 58.3 Å². The van der Waals surface area contributed by atoms with Crippen molar-refractivity contribution >= 4 is 34.7 Å². The van der Waals surface area contributed by atoms with Crippen molar-refractivity contribution in [1.82, 2.24) is 4.98 Å². The van der Waals surface area contributed by atoms with E-state index in [4.69, 9.17) is 4.74 Å². The molecule has 2 aromatic carbocycles. The molecule has 0 aliphatic rings. The van der Waals surface area contributed by atoms with Crippen molar-refractivity contribution in [3.05, 3.63) is 59.5 Å². The number of amides is 1. The molecule has 128 valence electrons. The highest BCUT2D eigenvalue weighted by Gasteiger charge is 2.10. The first-order valence-corrected chi connectivity index (χ1v) is 9.60. The first-order valence-electron chi connectivity index (χ1n) is 7.74. The van der Waals surface area contributed by atoms with Crippen molar-refractivity contribution in [3.8, 4) is 17.0 Å². The normalized spacial score (nSPS) is 10.5. The molecule has 0 saturated heterocycles. The molecule has 4 nitrogen and oxygen atoms in total. The van der Waals surface area contributed by atoms with Crippen molar-refractivity contribution in [2.75, 3.05) is 18.2 Å². The topological polar surface area (TPSA) is 51.2 Å². The average molecular weight is 370 g/mol. The van der Waals surface area contributed by atoms with Gasteiger partial charge in [-0.05, 0) is 19.1 Å². The Morgan fingerprint density at radius 2 is 1.96 bits per heavy atom. The van der Waals surface area contributed by atoms with Crippen molar-refractivity contribution in [3.63, 3.8) is 0 Å². The van der Waals surface area contributed by atoms with Crippen molar-refractivity contribution < 1.29 is 9.53 Å². The largest absolute Gasteiger partial charge is 0.495 e. The zero-order chi connectivity index (χ0) is 17.6. The van der Waals surface area contributed by atoms with Crippen molar-refractivity contribution in [2.45, 2.75) is 11.3 Å². The number of ether oxygens (including phenoxy) is 1. The summed E-state index contributed by atoms with van der Waals surface area (Å²) >= 11 is 2.99. The maximum Gasteiger partial charge on any atom is 0.234 e. The molecule has 0 atom stereocenters. The molecule has 0 aliphatic carbocycles. The fraction of sp³-hybridized carbons (Fsp3) is 0.158. The zero-order valence-electron chi connectivity index (χ0n) is 14.0. The van der Waals surface area contributed by atoms with Gasteiger partial charge in [0, 0.05) is 10.9 Å². The van der Waals surface area contributed by atoms with Gasteiger partial charge in [0.05, 0.1) is 24.2 Å². The molecule has 0 unspecified atom stereocenters. The maximum atomic E-state index is 12.2. The van der Waals surface area contributed by atoms with Gasteiger partial charge >= 0.3 is 0 Å². The summed E-state index contributed by atoms with van der Waals surface area (Å²) in [6.45, 7) is 2.06. The molecule has 0 radical (unpaired) electrons. The summed E-state index contributed by atoms with van der Waals surface area (Å²) < 4.78 is 6.12. The number of nitrogens with zero attached hydrogens (tertiary/aromatic N) is 1. The highest BCUT2D eigenvalue weighted by Crippen LogP contribution is 2.29. The van der Waals surface area contributed by atoms with Crippen LogP contribution in [0.25, 0.3) is 11.3 Å². The van der Waals surface area contributed by atoms with Gasteiger partial charge in [0.1, 0.15) is 5.75 Å². The molecule has 0 bridgehead atoms. The molecule has 1 N–H and O–H groups in total. The van der Waals surface area contributed by atoms with E-state index in [9.17, 15) is 4.79 Å². The fourth-order valence-corrected chi connectivity index (χ4v) is 3.88. The molecule has 1 aromatic heterocycles. The average Bonchev–Trinajstić information content (AvgIpc) is 3.10. The number of carbonyl (C=O) groups excluding carboxylic acids is 1. The van der Waals surface area contributed by atoms with Crippen LogP contribution < -0.4 is 10.1 Å². The number of carbonyl (C=O) groups is 1. The number of thiazole rings is 1. The highest BCUT2D eigenvalue weighted by molar-refractivity contribution is 8.01. The molecule has 0 fully saturated rings. The number of anilines is 1. The van der Waals surface area contributed by atoms with E-state index >= 15 is 0 Å². The molecule has 0 saturated carbocycles. The highest BCUT2D eigenvalue weighted by atomic mass is 32.2. The molecule has 1 heterocycles. The van der Waals surface area contributed by atoms with Crippen LogP contribution >= 0.6 is 23.1 Å². The van der Waals surface area contributed by atoms with Crippen LogP contribution in [0.2, 0.25) is 0 Å². The van der Waals surface area contributed by atoms with Crippen molar-refractivity contribution in [1.29, 1.82) is 0 Å². The summed E-state index contributed by atoms with van der Waals surface area (Å²) in [4.78, 5) is 16.8. The third kappa shape index (κ3) is 4.61. The van der Waals surface area contributed by atoms with Gasteiger partial charge < -0.3 is 10.1 Å². The lowest BCUT2D eigenvalue weighted by Gasteiger charge is -2.09. The van der Waals surface area contributed by atoms with Crippen LogP contribution in [-0.4, -0.2) is 23.8 Å². The van der Waals surface area contributed by atoms with Crippen LogP contribution in [0.3, 0.4) is 0 Å². The molecular weight excluding hydrogens is 352 g/mol. The molecule has 0 spiro atoms. The number of benzene rings is 2. The van der Waals surface area contributed by atoms with Gasteiger partial charge in [-0.3, -0.25) is 4.79 Å². The van der Waals surface area contributed by atoms with Crippen LogP contribution in [0.5, 0.6) is 5.75 Å². The van der Waals surface area contributed by atoms with Gasteiger partial charge in [-0.25, -0.2) is 4.98 Å². The molecule has 3 rings (SSSR count). The Hall–Kier alpha value is -2.31. The van der Waals surface area contributed by atoms with E-state index in [1.165, 1.54) is 17.3 Å². The Balaban J connectivity index is 1.58. The second-order valence-electron chi connectivity index (χ2n) is 5.40. The quantitative estimate of drug-likeness (QED) is 0.630. The number of aryl methyl sites for hydroxylation is 1. The summed E-state index contributed by atoms with van der Waals surface area (Å²) in [5.41, 5.74) is 3.93. The molecule has 6 heteroatoms. The maximum absolute atomic E-state index is 12.2. The second kappa shape index (κ2) is 8.18. The molecule has 3 aromatic rings. The Labute approximate surface area is 155 Å². The molecular formula is C19H18N2O2S2. The Morgan fingerprint density at radius 3 is 2.72 bits per heavy atom. The lowest BCUT2D eigenvalue weighted by Crippen LogP contribution is -2.14. The minimum absolute atomic E-state index is 0.0819. The third-order valence-electron chi connectivity index (χ3n) is 3.54. The van der Waals surface area contributed by atoms with Crippen LogP contribution in [-0.2, 0) is 4.79 Å². The van der Waals surface area contributed by atoms with E-state index in [1.54, 1.807) is 18.4 Å². The molecule has 0 aliphatic heterocycles. The van der Waals surface area contributed by atoms with Gasteiger partial charge in [0.2, 0.25) is 5.91 Å². The summed E-state index contributed by atoms with van der Waals surface area (Å²) in [7, 11) is 1.59. The smallest absolute Gasteiger partial charge is 0.234 e. The minimum atomic E-state index is -0.0819. The van der Waals surface area contributed by atoms with E-state index < -0.39 is 0 Å². The van der Waals surface area contributed by atoms with Gasteiger partial charge in [-0.15, -0.1) is 11.3 Å². The van der Waals surface area contributed by atoms with Crippen molar-refractivity contribution in [2.24, 2.45) is 0 Å². The van der Waals surface area contributed by atoms with E-state index in [0.717, 1.165) is 15.6 Å². The summed E-state index contributed by atoms with van der Waals surface area (Å²) in [6, 6.07) is 15.6. The van der Waals surface area contributed by atoms with Crippen LogP contribution in [0.1, 0.15) is 5.56 Å². The van der Waals surface area contributed by atoms with E-state index in [0.29, 0.717) is 17.2 Å². The Bertz CT molecular complexity index is 860. The SMILES string of the molecule is COc1ccccc1NC(=O)CSc1nc(-c2ccc(C)cc2)cs1. The number of methoxy groups -OCH3 is 1. The predicted octanol–water partition coefficient (Wildman–Crippen LogP) is 4.86. The summed E-state index contributed by atoms with van der Waals surface area (Å²) in [5, 5.41) is 4.89. The third-order valence-corrected chi connectivity index (χ3v) is 5.56. The van der Waals surface area contributed by atoms with E-state index in [2.05, 4.69) is 41.5 Å². The number of hydrogen-bond acceptors (Lipinski definition) is 5. The first-order chi connectivity index (χ1) is 12.2. The van der Waals surface area contributed by atoms with Gasteiger partial charge in [0.25, 0.3) is 0 Å². The van der Waals surface area contributed by atoms with Gasteiger partial charge in [0.15, 0.2) is 4.34 Å². The lowest BCUT2D eigenvalue weighted by molar-refractivity contribution is -0.113. The number of thioether (sulfide) groups is 1. The van der Waals surface area contributed by atoms with Crippen LogP contribution in [0.4, 0.5) is 5.69 Å². The fourth-order valence-electron chi connectivity index (χ4n) is 2.24. The summed E-state index contributed by atoms with van der Waals surface area (Å²) in [5.74, 6) is 0.872. The van der Waals surface area contributed by atoms with E-state index in [-0.39, 0.29) is 5.91 Å². The predicted molar refractivity (Wildman–Crippen MR) is 105 cm³/mol. The van der Waals surface area contributed by atoms with Gasteiger partial charge in [-0.2, -0.15) is 0 Å². The zero-order valence-corrected chi connectivity index (χ0v) is 15.6. The number of nitrogens with one attached hydrogen (secondary N) is 1. The monoisotopic (exact) mass is 370 g/mol. The second-order valence-corrected chi connectivity index (χ2v) is 7.48.